The van der Waals surface area contributed by atoms with Gasteiger partial charge in [-0.15, -0.1) is 0 Å². The molecule has 1 unspecified atom stereocenters. The summed E-state index contributed by atoms with van der Waals surface area (Å²) in [4.78, 5) is 0. The second kappa shape index (κ2) is 4.75. The molecule has 0 aromatic heterocycles. The predicted molar refractivity (Wildman–Crippen MR) is 67.0 cm³/mol. The third kappa shape index (κ3) is 1.92. The maximum absolute atomic E-state index is 14.0. The van der Waals surface area contributed by atoms with Crippen LogP contribution in [0.4, 0.5) is 14.5 Å². The predicted octanol–water partition coefficient (Wildman–Crippen LogP) is 3.08. The van der Waals surface area contributed by atoms with E-state index in [0.717, 1.165) is 25.3 Å². The van der Waals surface area contributed by atoms with Gasteiger partial charge in [-0.25, -0.2) is 14.2 Å². The summed E-state index contributed by atoms with van der Waals surface area (Å²) < 4.78 is 33.7. The molecule has 6 heteroatoms. The Kier molecular flexibility index (Phi) is 3.25. The van der Waals surface area contributed by atoms with Gasteiger partial charge in [0.05, 0.1) is 10.2 Å². The van der Waals surface area contributed by atoms with Gasteiger partial charge >= 0.3 is 0 Å². The summed E-state index contributed by atoms with van der Waals surface area (Å²) in [6.07, 6.45) is 2.67. The molecule has 0 saturated carbocycles. The molecular formula is C12H13BrF2N2O. The number of halogens is 3. The van der Waals surface area contributed by atoms with Gasteiger partial charge in [-0.2, -0.15) is 0 Å². The number of fused-ring (bicyclic) bond motifs is 1. The molecule has 0 amide bonds. The summed E-state index contributed by atoms with van der Waals surface area (Å²) >= 11 is 3.02. The van der Waals surface area contributed by atoms with Crippen molar-refractivity contribution in [2.45, 2.75) is 32.0 Å². The van der Waals surface area contributed by atoms with E-state index in [2.05, 4.69) is 21.4 Å². The van der Waals surface area contributed by atoms with E-state index in [4.69, 9.17) is 4.74 Å². The molecule has 1 atom stereocenters. The van der Waals surface area contributed by atoms with Crippen LogP contribution in [0, 0.1) is 11.6 Å². The third-order valence-corrected chi connectivity index (χ3v) is 3.93. The molecule has 18 heavy (non-hydrogen) atoms. The SMILES string of the molecule is Fc1cc(Br)c(F)c2c1N(C1CCCCO1)NC2. The molecule has 1 aromatic carbocycles. The van der Waals surface area contributed by atoms with Crippen LogP contribution in [0.3, 0.4) is 0 Å². The van der Waals surface area contributed by atoms with Crippen LogP contribution in [-0.4, -0.2) is 12.8 Å². The number of hydrogen-bond acceptors (Lipinski definition) is 3. The highest BCUT2D eigenvalue weighted by Gasteiger charge is 2.33. The van der Waals surface area contributed by atoms with Crippen molar-refractivity contribution in [2.75, 3.05) is 11.6 Å². The van der Waals surface area contributed by atoms with Crippen LogP contribution in [0.2, 0.25) is 0 Å². The van der Waals surface area contributed by atoms with E-state index in [1.54, 1.807) is 5.01 Å². The van der Waals surface area contributed by atoms with E-state index in [1.165, 1.54) is 0 Å². The van der Waals surface area contributed by atoms with E-state index < -0.39 is 11.6 Å². The van der Waals surface area contributed by atoms with Crippen molar-refractivity contribution in [3.63, 3.8) is 0 Å². The fourth-order valence-corrected chi connectivity index (χ4v) is 2.91. The van der Waals surface area contributed by atoms with Crippen molar-refractivity contribution in [2.24, 2.45) is 0 Å². The maximum Gasteiger partial charge on any atom is 0.149 e. The number of hydrogen-bond donors (Lipinski definition) is 1. The summed E-state index contributed by atoms with van der Waals surface area (Å²) in [5.74, 6) is -0.838. The molecule has 3 nitrogen and oxygen atoms in total. The number of anilines is 1. The molecule has 0 spiro atoms. The molecular weight excluding hydrogens is 306 g/mol. The Labute approximate surface area is 112 Å². The molecule has 1 N–H and O–H groups in total. The van der Waals surface area contributed by atoms with Crippen molar-refractivity contribution >= 4 is 21.6 Å². The van der Waals surface area contributed by atoms with E-state index >= 15 is 0 Å². The number of ether oxygens (including phenoxy) is 1. The van der Waals surface area contributed by atoms with Gasteiger partial charge in [-0.3, -0.25) is 5.01 Å². The zero-order valence-corrected chi connectivity index (χ0v) is 11.3. The molecule has 1 aromatic rings. The Balaban J connectivity index is 1.98. The Bertz CT molecular complexity index is 478. The van der Waals surface area contributed by atoms with Crippen molar-refractivity contribution in [3.05, 3.63) is 27.7 Å². The molecule has 1 fully saturated rings. The Morgan fingerprint density at radius 3 is 2.94 bits per heavy atom. The van der Waals surface area contributed by atoms with Gasteiger partial charge in [0.25, 0.3) is 0 Å². The highest BCUT2D eigenvalue weighted by molar-refractivity contribution is 9.10. The van der Waals surface area contributed by atoms with Gasteiger partial charge in [-0.1, -0.05) is 0 Å². The Morgan fingerprint density at radius 1 is 1.39 bits per heavy atom. The minimum absolute atomic E-state index is 0.159. The Hall–Kier alpha value is -0.720. The third-order valence-electron chi connectivity index (χ3n) is 3.35. The minimum Gasteiger partial charge on any atom is -0.357 e. The van der Waals surface area contributed by atoms with E-state index in [1.807, 2.05) is 0 Å². The lowest BCUT2D eigenvalue weighted by Gasteiger charge is -2.32. The van der Waals surface area contributed by atoms with Crippen LogP contribution >= 0.6 is 15.9 Å². The number of nitrogens with zero attached hydrogens (tertiary/aromatic N) is 1. The van der Waals surface area contributed by atoms with Gasteiger partial charge in [0, 0.05) is 18.7 Å². The highest BCUT2D eigenvalue weighted by atomic mass is 79.9. The zero-order chi connectivity index (χ0) is 12.7. The van der Waals surface area contributed by atoms with Crippen molar-refractivity contribution in [1.29, 1.82) is 0 Å². The number of benzene rings is 1. The van der Waals surface area contributed by atoms with Gasteiger partial charge < -0.3 is 4.74 Å². The average Bonchev–Trinajstić information content (AvgIpc) is 2.82. The molecule has 2 heterocycles. The second-order valence-corrected chi connectivity index (χ2v) is 5.36. The molecule has 3 rings (SSSR count). The van der Waals surface area contributed by atoms with Crippen LogP contribution < -0.4 is 10.4 Å². The molecule has 1 saturated heterocycles. The van der Waals surface area contributed by atoms with Gasteiger partial charge in [0.2, 0.25) is 0 Å². The van der Waals surface area contributed by atoms with Crippen LogP contribution in [0.15, 0.2) is 10.5 Å². The summed E-state index contributed by atoms with van der Waals surface area (Å²) in [5, 5.41) is 1.62. The van der Waals surface area contributed by atoms with Crippen LogP contribution in [0.1, 0.15) is 24.8 Å². The smallest absolute Gasteiger partial charge is 0.149 e. The molecule has 2 aliphatic heterocycles. The monoisotopic (exact) mass is 318 g/mol. The Morgan fingerprint density at radius 2 is 2.22 bits per heavy atom. The molecule has 98 valence electrons. The van der Waals surface area contributed by atoms with Gasteiger partial charge in [-0.05, 0) is 41.3 Å². The van der Waals surface area contributed by atoms with Gasteiger partial charge in [0.1, 0.15) is 17.9 Å². The van der Waals surface area contributed by atoms with Crippen LogP contribution in [-0.2, 0) is 11.3 Å². The topological polar surface area (TPSA) is 24.5 Å². The minimum atomic E-state index is -0.433. The summed E-state index contributed by atoms with van der Waals surface area (Å²) in [5.41, 5.74) is 3.65. The number of hydrazine groups is 1. The molecule has 0 aliphatic carbocycles. The van der Waals surface area contributed by atoms with Crippen molar-refractivity contribution in [3.8, 4) is 0 Å². The highest BCUT2D eigenvalue weighted by Crippen LogP contribution is 2.36. The number of nitrogens with one attached hydrogen (secondary N) is 1. The zero-order valence-electron chi connectivity index (χ0n) is 9.68. The lowest BCUT2D eigenvalue weighted by atomic mass is 10.1. The van der Waals surface area contributed by atoms with E-state index in [0.29, 0.717) is 12.2 Å². The fraction of sp³-hybridized carbons (Fsp3) is 0.500. The lowest BCUT2D eigenvalue weighted by Crippen LogP contribution is -2.45. The normalized spacial score (nSPS) is 23.3. The summed E-state index contributed by atoms with van der Waals surface area (Å²) in [6, 6.07) is 1.16. The second-order valence-electron chi connectivity index (χ2n) is 4.51. The fourth-order valence-electron chi connectivity index (χ4n) is 2.47. The van der Waals surface area contributed by atoms with Gasteiger partial charge in [0.15, 0.2) is 0 Å². The first-order chi connectivity index (χ1) is 8.68. The summed E-state index contributed by atoms with van der Waals surface area (Å²) in [6.45, 7) is 0.955. The largest absolute Gasteiger partial charge is 0.357 e. The van der Waals surface area contributed by atoms with Crippen molar-refractivity contribution in [1.82, 2.24) is 5.43 Å². The van der Waals surface area contributed by atoms with E-state index in [9.17, 15) is 8.78 Å². The molecule has 2 aliphatic rings. The van der Waals surface area contributed by atoms with Crippen molar-refractivity contribution < 1.29 is 13.5 Å². The van der Waals surface area contributed by atoms with Crippen LogP contribution in [0.5, 0.6) is 0 Å². The lowest BCUT2D eigenvalue weighted by molar-refractivity contribution is 0.00895. The van der Waals surface area contributed by atoms with E-state index in [-0.39, 0.29) is 22.9 Å². The first-order valence-electron chi connectivity index (χ1n) is 5.99. The quantitative estimate of drug-likeness (QED) is 0.805. The molecule has 0 bridgehead atoms. The molecule has 0 radical (unpaired) electrons. The summed E-state index contributed by atoms with van der Waals surface area (Å²) in [7, 11) is 0. The number of rotatable bonds is 1. The first-order valence-corrected chi connectivity index (χ1v) is 6.78. The average molecular weight is 319 g/mol. The first kappa shape index (κ1) is 12.3. The van der Waals surface area contributed by atoms with Crippen LogP contribution in [0.25, 0.3) is 0 Å². The standard InChI is InChI=1S/C12H13BrF2N2O/c13-8-5-9(14)12-7(11(8)15)6-16-17(12)10-3-1-2-4-18-10/h5,10,16H,1-4,6H2. The maximum atomic E-state index is 14.0.